The minimum atomic E-state index is -1.11. The monoisotopic (exact) mass is 259 g/mol. The van der Waals surface area contributed by atoms with E-state index in [2.05, 4.69) is 10.6 Å². The Kier molecular flexibility index (Phi) is 5.61. The first kappa shape index (κ1) is 16.2. The van der Waals surface area contributed by atoms with Crippen LogP contribution >= 0.6 is 0 Å². The van der Waals surface area contributed by atoms with Gasteiger partial charge >= 0.3 is 12.0 Å². The molecule has 3 amide bonds. The van der Waals surface area contributed by atoms with Gasteiger partial charge in [-0.15, -0.1) is 0 Å². The van der Waals surface area contributed by atoms with Crippen molar-refractivity contribution in [3.63, 3.8) is 0 Å². The third-order valence-corrected chi connectivity index (χ3v) is 2.39. The molecule has 0 saturated carbocycles. The van der Waals surface area contributed by atoms with E-state index in [1.54, 1.807) is 20.8 Å². The Bertz CT molecular complexity index is 336. The zero-order chi connectivity index (χ0) is 14.5. The highest BCUT2D eigenvalue weighted by Gasteiger charge is 2.33. The standard InChI is InChI=1S/C11H21N3O4/c1-11(2,3)8(9(16)17)13-10(18)14(5)6-7(15)12-4/h8H,6H2,1-5H3,(H,12,15)(H,13,18)(H,16,17). The summed E-state index contributed by atoms with van der Waals surface area (Å²) in [5, 5.41) is 13.8. The van der Waals surface area contributed by atoms with Gasteiger partial charge < -0.3 is 20.6 Å². The van der Waals surface area contributed by atoms with Crippen LogP contribution in [0.2, 0.25) is 0 Å². The van der Waals surface area contributed by atoms with Gasteiger partial charge in [0.2, 0.25) is 5.91 Å². The first-order valence-corrected chi connectivity index (χ1v) is 5.54. The Morgan fingerprint density at radius 2 is 1.78 bits per heavy atom. The van der Waals surface area contributed by atoms with Gasteiger partial charge in [-0.25, -0.2) is 9.59 Å². The van der Waals surface area contributed by atoms with Crippen LogP contribution in [0.15, 0.2) is 0 Å². The Balaban J connectivity index is 4.62. The van der Waals surface area contributed by atoms with Crippen LogP contribution in [-0.2, 0) is 9.59 Å². The van der Waals surface area contributed by atoms with Crippen molar-refractivity contribution in [3.05, 3.63) is 0 Å². The average molecular weight is 259 g/mol. The lowest BCUT2D eigenvalue weighted by Gasteiger charge is -2.29. The average Bonchev–Trinajstić information content (AvgIpc) is 2.22. The fraction of sp³-hybridized carbons (Fsp3) is 0.727. The molecule has 1 unspecified atom stereocenters. The Hall–Kier alpha value is -1.79. The lowest BCUT2D eigenvalue weighted by molar-refractivity contribution is -0.141. The normalized spacial score (nSPS) is 12.5. The predicted octanol–water partition coefficient (Wildman–Crippen LogP) is -0.127. The number of aliphatic carboxylic acids is 1. The molecule has 0 aliphatic rings. The Labute approximate surface area is 107 Å². The smallest absolute Gasteiger partial charge is 0.326 e. The maximum absolute atomic E-state index is 11.7. The molecule has 0 rings (SSSR count). The summed E-state index contributed by atoms with van der Waals surface area (Å²) < 4.78 is 0. The number of nitrogens with one attached hydrogen (secondary N) is 2. The number of carboxylic acids is 1. The van der Waals surface area contributed by atoms with Crippen molar-refractivity contribution in [2.75, 3.05) is 20.6 Å². The number of carboxylic acid groups (broad SMARTS) is 1. The van der Waals surface area contributed by atoms with Gasteiger partial charge in [-0.2, -0.15) is 0 Å². The van der Waals surface area contributed by atoms with Gasteiger partial charge in [-0.05, 0) is 5.41 Å². The molecule has 0 radical (unpaired) electrons. The van der Waals surface area contributed by atoms with Crippen molar-refractivity contribution in [3.8, 4) is 0 Å². The highest BCUT2D eigenvalue weighted by molar-refractivity contribution is 5.86. The Morgan fingerprint density at radius 3 is 2.11 bits per heavy atom. The molecule has 0 fully saturated rings. The van der Waals surface area contributed by atoms with E-state index >= 15 is 0 Å². The number of amides is 3. The molecular weight excluding hydrogens is 238 g/mol. The second-order valence-corrected chi connectivity index (χ2v) is 5.12. The number of carbonyl (C=O) groups excluding carboxylic acids is 2. The van der Waals surface area contributed by atoms with E-state index < -0.39 is 23.5 Å². The van der Waals surface area contributed by atoms with E-state index in [0.717, 1.165) is 4.90 Å². The summed E-state index contributed by atoms with van der Waals surface area (Å²) in [7, 11) is 2.88. The van der Waals surface area contributed by atoms with Gasteiger partial charge in [0.25, 0.3) is 0 Å². The lowest BCUT2D eigenvalue weighted by atomic mass is 9.87. The number of nitrogens with zero attached hydrogens (tertiary/aromatic N) is 1. The van der Waals surface area contributed by atoms with Crippen LogP contribution in [0.1, 0.15) is 20.8 Å². The molecule has 104 valence electrons. The van der Waals surface area contributed by atoms with E-state index in [1.807, 2.05) is 0 Å². The molecule has 7 heteroatoms. The summed E-state index contributed by atoms with van der Waals surface area (Å²) in [6.45, 7) is 5.01. The first-order valence-electron chi connectivity index (χ1n) is 5.54. The lowest BCUT2D eigenvalue weighted by Crippen LogP contribution is -2.53. The molecule has 0 heterocycles. The summed E-state index contributed by atoms with van der Waals surface area (Å²) in [6.07, 6.45) is 0. The zero-order valence-corrected chi connectivity index (χ0v) is 11.4. The van der Waals surface area contributed by atoms with Crippen LogP contribution in [-0.4, -0.2) is 54.6 Å². The summed E-state index contributed by atoms with van der Waals surface area (Å²) >= 11 is 0. The number of rotatable bonds is 4. The molecule has 0 bridgehead atoms. The molecule has 3 N–H and O–H groups in total. The number of carbonyl (C=O) groups is 3. The number of urea groups is 1. The second kappa shape index (κ2) is 6.23. The van der Waals surface area contributed by atoms with E-state index in [4.69, 9.17) is 5.11 Å². The van der Waals surface area contributed by atoms with E-state index in [1.165, 1.54) is 14.1 Å². The van der Waals surface area contributed by atoms with E-state index in [9.17, 15) is 14.4 Å². The minimum Gasteiger partial charge on any atom is -0.480 e. The van der Waals surface area contributed by atoms with Crippen molar-refractivity contribution in [2.24, 2.45) is 5.41 Å². The van der Waals surface area contributed by atoms with Crippen molar-refractivity contribution >= 4 is 17.9 Å². The first-order chi connectivity index (χ1) is 8.09. The summed E-state index contributed by atoms with van der Waals surface area (Å²) in [5.41, 5.74) is -0.616. The van der Waals surface area contributed by atoms with Gasteiger partial charge in [0.1, 0.15) is 12.6 Å². The molecule has 0 aromatic carbocycles. The van der Waals surface area contributed by atoms with Crippen molar-refractivity contribution in [1.29, 1.82) is 0 Å². The molecule has 0 spiro atoms. The van der Waals surface area contributed by atoms with Crippen LogP contribution in [0.4, 0.5) is 4.79 Å². The van der Waals surface area contributed by atoms with Crippen molar-refractivity contribution in [1.82, 2.24) is 15.5 Å². The van der Waals surface area contributed by atoms with Crippen molar-refractivity contribution in [2.45, 2.75) is 26.8 Å². The van der Waals surface area contributed by atoms with Gasteiger partial charge in [-0.3, -0.25) is 4.79 Å². The van der Waals surface area contributed by atoms with Gasteiger partial charge in [0, 0.05) is 14.1 Å². The summed E-state index contributed by atoms with van der Waals surface area (Å²) in [4.78, 5) is 35.0. The highest BCUT2D eigenvalue weighted by atomic mass is 16.4. The minimum absolute atomic E-state index is 0.126. The predicted molar refractivity (Wildman–Crippen MR) is 66.1 cm³/mol. The molecule has 0 aliphatic carbocycles. The van der Waals surface area contributed by atoms with Gasteiger partial charge in [0.15, 0.2) is 0 Å². The zero-order valence-electron chi connectivity index (χ0n) is 11.4. The maximum Gasteiger partial charge on any atom is 0.326 e. The Morgan fingerprint density at radius 1 is 1.28 bits per heavy atom. The topological polar surface area (TPSA) is 98.7 Å². The fourth-order valence-corrected chi connectivity index (χ4v) is 1.25. The van der Waals surface area contributed by atoms with E-state index in [0.29, 0.717) is 0 Å². The quantitative estimate of drug-likeness (QED) is 0.655. The van der Waals surface area contributed by atoms with Crippen molar-refractivity contribution < 1.29 is 19.5 Å². The fourth-order valence-electron chi connectivity index (χ4n) is 1.25. The molecule has 0 aliphatic heterocycles. The van der Waals surface area contributed by atoms with Crippen LogP contribution in [0.5, 0.6) is 0 Å². The number of likely N-dealkylation sites (N-methyl/N-ethyl adjacent to an activating group) is 2. The van der Waals surface area contributed by atoms with Gasteiger partial charge in [-0.1, -0.05) is 20.8 Å². The largest absolute Gasteiger partial charge is 0.480 e. The number of hydrogen-bond donors (Lipinski definition) is 3. The SMILES string of the molecule is CNC(=O)CN(C)C(=O)NC(C(=O)O)C(C)(C)C. The summed E-state index contributed by atoms with van der Waals surface area (Å²) in [6, 6.07) is -1.61. The van der Waals surface area contributed by atoms with E-state index in [-0.39, 0.29) is 12.5 Å². The van der Waals surface area contributed by atoms with Crippen LogP contribution in [0, 0.1) is 5.41 Å². The third kappa shape index (κ3) is 5.03. The van der Waals surface area contributed by atoms with Crippen LogP contribution in [0.3, 0.4) is 0 Å². The maximum atomic E-state index is 11.7. The third-order valence-electron chi connectivity index (χ3n) is 2.39. The van der Waals surface area contributed by atoms with Crippen LogP contribution < -0.4 is 10.6 Å². The molecule has 0 aromatic heterocycles. The highest BCUT2D eigenvalue weighted by Crippen LogP contribution is 2.19. The second-order valence-electron chi connectivity index (χ2n) is 5.12. The molecule has 18 heavy (non-hydrogen) atoms. The van der Waals surface area contributed by atoms with Crippen LogP contribution in [0.25, 0.3) is 0 Å². The van der Waals surface area contributed by atoms with Gasteiger partial charge in [0.05, 0.1) is 0 Å². The summed E-state index contributed by atoms with van der Waals surface area (Å²) in [5.74, 6) is -1.43. The molecule has 0 saturated heterocycles. The number of hydrogen-bond acceptors (Lipinski definition) is 3. The molecule has 1 atom stereocenters. The molecule has 7 nitrogen and oxygen atoms in total. The molecular formula is C11H21N3O4. The molecule has 0 aromatic rings.